The Morgan fingerprint density at radius 1 is 1.56 bits per heavy atom. The van der Waals surface area contributed by atoms with Crippen LogP contribution in [0.1, 0.15) is 12.8 Å². The largest absolute Gasteiger partial charge is 0.474 e. The number of aromatic amines is 1. The summed E-state index contributed by atoms with van der Waals surface area (Å²) in [4.78, 5) is 15.2. The normalized spacial score (nSPS) is 24.3. The minimum Gasteiger partial charge on any atom is -0.474 e. The molecule has 84 valence electrons. The second-order valence-corrected chi connectivity index (χ2v) is 3.96. The van der Waals surface area contributed by atoms with Crippen molar-refractivity contribution in [2.45, 2.75) is 25.0 Å². The SMILES string of the molecule is NC1CC(Oc2cc3n[nH]c(=O)n3cn2)C1. The van der Waals surface area contributed by atoms with Gasteiger partial charge in [-0.05, 0) is 12.8 Å². The third-order valence-electron chi connectivity index (χ3n) is 2.70. The van der Waals surface area contributed by atoms with Crippen molar-refractivity contribution in [1.29, 1.82) is 0 Å². The average Bonchev–Trinajstić information content (AvgIpc) is 2.58. The monoisotopic (exact) mass is 221 g/mol. The second-order valence-electron chi connectivity index (χ2n) is 3.96. The van der Waals surface area contributed by atoms with Crippen molar-refractivity contribution in [3.63, 3.8) is 0 Å². The molecule has 1 aliphatic carbocycles. The Kier molecular flexibility index (Phi) is 1.93. The molecule has 2 heterocycles. The summed E-state index contributed by atoms with van der Waals surface area (Å²) in [7, 11) is 0. The highest BCUT2D eigenvalue weighted by Crippen LogP contribution is 2.23. The van der Waals surface area contributed by atoms with Crippen molar-refractivity contribution in [3.8, 4) is 5.88 Å². The van der Waals surface area contributed by atoms with Crippen LogP contribution < -0.4 is 16.2 Å². The van der Waals surface area contributed by atoms with E-state index < -0.39 is 0 Å². The number of fused-ring (bicyclic) bond motifs is 1. The van der Waals surface area contributed by atoms with Crippen LogP contribution in [0.15, 0.2) is 17.2 Å². The smallest absolute Gasteiger partial charge is 0.348 e. The van der Waals surface area contributed by atoms with Gasteiger partial charge >= 0.3 is 5.69 Å². The number of hydrogen-bond donors (Lipinski definition) is 2. The lowest BCUT2D eigenvalue weighted by Gasteiger charge is -2.31. The lowest BCUT2D eigenvalue weighted by atomic mass is 9.90. The summed E-state index contributed by atoms with van der Waals surface area (Å²) in [6, 6.07) is 1.86. The summed E-state index contributed by atoms with van der Waals surface area (Å²) < 4.78 is 6.90. The highest BCUT2D eigenvalue weighted by Gasteiger charge is 2.28. The molecule has 0 aliphatic heterocycles. The third kappa shape index (κ3) is 1.45. The first kappa shape index (κ1) is 9.34. The molecule has 0 radical (unpaired) electrons. The van der Waals surface area contributed by atoms with Gasteiger partial charge in [0.05, 0.1) is 0 Å². The zero-order valence-electron chi connectivity index (χ0n) is 8.46. The molecule has 0 spiro atoms. The van der Waals surface area contributed by atoms with Crippen LogP contribution in [0.3, 0.4) is 0 Å². The number of aromatic nitrogens is 4. The Balaban J connectivity index is 1.85. The van der Waals surface area contributed by atoms with Gasteiger partial charge in [-0.1, -0.05) is 0 Å². The fourth-order valence-corrected chi connectivity index (χ4v) is 1.73. The first-order valence-electron chi connectivity index (χ1n) is 5.07. The molecule has 3 N–H and O–H groups in total. The zero-order valence-corrected chi connectivity index (χ0v) is 8.46. The maximum atomic E-state index is 11.2. The van der Waals surface area contributed by atoms with E-state index in [9.17, 15) is 4.79 Å². The van der Waals surface area contributed by atoms with E-state index in [1.807, 2.05) is 0 Å². The number of rotatable bonds is 2. The molecule has 2 aromatic heterocycles. The summed E-state index contributed by atoms with van der Waals surface area (Å²) >= 11 is 0. The van der Waals surface area contributed by atoms with Crippen molar-refractivity contribution in [2.24, 2.45) is 5.73 Å². The van der Waals surface area contributed by atoms with E-state index in [2.05, 4.69) is 15.2 Å². The first-order chi connectivity index (χ1) is 7.72. The highest BCUT2D eigenvalue weighted by molar-refractivity contribution is 5.39. The van der Waals surface area contributed by atoms with Crippen molar-refractivity contribution in [3.05, 3.63) is 22.9 Å². The summed E-state index contributed by atoms with van der Waals surface area (Å²) in [6.07, 6.45) is 3.23. The minimum atomic E-state index is -0.306. The van der Waals surface area contributed by atoms with E-state index in [4.69, 9.17) is 10.5 Å². The Hall–Kier alpha value is -1.89. The predicted octanol–water partition coefficient (Wildman–Crippen LogP) is -0.714. The Labute approximate surface area is 90.2 Å². The lowest BCUT2D eigenvalue weighted by molar-refractivity contribution is 0.0958. The van der Waals surface area contributed by atoms with Gasteiger partial charge in [0, 0.05) is 12.1 Å². The molecule has 3 rings (SSSR count). The maximum absolute atomic E-state index is 11.2. The Morgan fingerprint density at radius 3 is 3.12 bits per heavy atom. The van der Waals surface area contributed by atoms with E-state index >= 15 is 0 Å². The van der Waals surface area contributed by atoms with Crippen LogP contribution in [0.4, 0.5) is 0 Å². The number of nitrogens with two attached hydrogens (primary N) is 1. The predicted molar refractivity (Wildman–Crippen MR) is 55.2 cm³/mol. The van der Waals surface area contributed by atoms with Gasteiger partial charge in [-0.25, -0.2) is 19.3 Å². The fourth-order valence-electron chi connectivity index (χ4n) is 1.73. The summed E-state index contributed by atoms with van der Waals surface area (Å²) in [5.74, 6) is 0.475. The average molecular weight is 221 g/mol. The number of nitrogens with one attached hydrogen (secondary N) is 1. The molecule has 1 aliphatic rings. The molecule has 0 amide bonds. The molecule has 7 heteroatoms. The Morgan fingerprint density at radius 2 is 2.38 bits per heavy atom. The molecule has 0 atom stereocenters. The minimum absolute atomic E-state index is 0.135. The van der Waals surface area contributed by atoms with Crippen molar-refractivity contribution in [1.82, 2.24) is 19.6 Å². The first-order valence-corrected chi connectivity index (χ1v) is 5.07. The molecular formula is C9H11N5O2. The number of nitrogens with zero attached hydrogens (tertiary/aromatic N) is 3. The van der Waals surface area contributed by atoms with Gasteiger partial charge in [-0.3, -0.25) is 0 Å². The molecule has 0 saturated heterocycles. The van der Waals surface area contributed by atoms with Crippen LogP contribution in [0.25, 0.3) is 5.65 Å². The molecule has 2 aromatic rings. The molecule has 16 heavy (non-hydrogen) atoms. The van der Waals surface area contributed by atoms with Crippen molar-refractivity contribution < 1.29 is 4.74 Å². The van der Waals surface area contributed by atoms with E-state index in [1.54, 1.807) is 6.07 Å². The maximum Gasteiger partial charge on any atom is 0.348 e. The van der Waals surface area contributed by atoms with Gasteiger partial charge in [0.2, 0.25) is 5.88 Å². The molecular weight excluding hydrogens is 210 g/mol. The highest BCUT2D eigenvalue weighted by atomic mass is 16.5. The topological polar surface area (TPSA) is 98.3 Å². The number of hydrogen-bond acceptors (Lipinski definition) is 5. The van der Waals surface area contributed by atoms with Gasteiger partial charge in [-0.2, -0.15) is 5.10 Å². The quantitative estimate of drug-likeness (QED) is 0.697. The lowest BCUT2D eigenvalue weighted by Crippen LogP contribution is -2.43. The standard InChI is InChI=1S/C9H11N5O2/c10-5-1-6(2-5)16-8-3-7-12-13-9(15)14(7)4-11-8/h3-6H,1-2,10H2,(H,13,15). The molecule has 7 nitrogen and oxygen atoms in total. The van der Waals surface area contributed by atoms with Gasteiger partial charge in [0.25, 0.3) is 0 Å². The van der Waals surface area contributed by atoms with E-state index in [-0.39, 0.29) is 17.8 Å². The molecule has 0 bridgehead atoms. The second kappa shape index (κ2) is 3.31. The summed E-state index contributed by atoms with van der Waals surface area (Å²) in [5, 5.41) is 6.16. The molecule has 0 aromatic carbocycles. The van der Waals surface area contributed by atoms with Crippen molar-refractivity contribution in [2.75, 3.05) is 0 Å². The Bertz CT molecular complexity index is 569. The fraction of sp³-hybridized carbons (Fsp3) is 0.444. The molecule has 1 fully saturated rings. The zero-order chi connectivity index (χ0) is 11.1. The third-order valence-corrected chi connectivity index (χ3v) is 2.70. The van der Waals surface area contributed by atoms with Gasteiger partial charge < -0.3 is 10.5 Å². The summed E-state index contributed by atoms with van der Waals surface area (Å²) in [5.41, 5.74) is 5.85. The molecule has 1 saturated carbocycles. The van der Waals surface area contributed by atoms with Crippen LogP contribution in [-0.2, 0) is 0 Å². The van der Waals surface area contributed by atoms with Gasteiger partial charge in [0.15, 0.2) is 5.65 Å². The van der Waals surface area contributed by atoms with Crippen LogP contribution in [-0.4, -0.2) is 31.7 Å². The van der Waals surface area contributed by atoms with Crippen molar-refractivity contribution >= 4 is 5.65 Å². The van der Waals surface area contributed by atoms with E-state index in [0.29, 0.717) is 11.5 Å². The van der Waals surface area contributed by atoms with Crippen LogP contribution in [0.2, 0.25) is 0 Å². The van der Waals surface area contributed by atoms with E-state index in [0.717, 1.165) is 12.8 Å². The molecule has 0 unspecified atom stereocenters. The number of H-pyrrole nitrogens is 1. The van der Waals surface area contributed by atoms with Crippen LogP contribution >= 0.6 is 0 Å². The van der Waals surface area contributed by atoms with E-state index in [1.165, 1.54) is 10.7 Å². The van der Waals surface area contributed by atoms with Gasteiger partial charge in [-0.15, -0.1) is 0 Å². The number of ether oxygens (including phenoxy) is 1. The van der Waals surface area contributed by atoms with Crippen LogP contribution in [0.5, 0.6) is 5.88 Å². The van der Waals surface area contributed by atoms with Gasteiger partial charge in [0.1, 0.15) is 12.4 Å². The summed E-state index contributed by atoms with van der Waals surface area (Å²) in [6.45, 7) is 0. The van der Waals surface area contributed by atoms with Crippen LogP contribution in [0, 0.1) is 0 Å².